The van der Waals surface area contributed by atoms with E-state index in [2.05, 4.69) is 5.32 Å². The van der Waals surface area contributed by atoms with Crippen molar-refractivity contribution < 1.29 is 14.9 Å². The number of rotatable bonds is 1. The molecule has 2 saturated heterocycles. The number of aliphatic hydroxyl groups excluding tert-OH is 2. The van der Waals surface area contributed by atoms with E-state index in [1.807, 2.05) is 6.92 Å². The van der Waals surface area contributed by atoms with Crippen molar-refractivity contribution in [3.63, 3.8) is 0 Å². The van der Waals surface area contributed by atoms with E-state index in [1.54, 1.807) is 0 Å². The molecule has 4 nitrogen and oxygen atoms in total. The van der Waals surface area contributed by atoms with Crippen LogP contribution in [-0.4, -0.2) is 47.2 Å². The lowest BCUT2D eigenvalue weighted by atomic mass is 9.87. The first-order valence-electron chi connectivity index (χ1n) is 5.49. The first kappa shape index (κ1) is 10.4. The minimum Gasteiger partial charge on any atom is -0.389 e. The van der Waals surface area contributed by atoms with Crippen molar-refractivity contribution in [1.29, 1.82) is 0 Å². The smallest absolute Gasteiger partial charge is 0.108 e. The van der Waals surface area contributed by atoms with Gasteiger partial charge in [0.05, 0.1) is 18.2 Å². The molecule has 0 saturated carbocycles. The third-order valence-corrected chi connectivity index (χ3v) is 3.30. The molecule has 0 aromatic heterocycles. The Bertz CT molecular complexity index is 198. The second kappa shape index (κ2) is 4.14. The molecule has 2 fully saturated rings. The average Bonchev–Trinajstić information content (AvgIpc) is 2.23. The third kappa shape index (κ3) is 1.67. The second-order valence-electron chi connectivity index (χ2n) is 4.22. The highest BCUT2D eigenvalue weighted by Gasteiger charge is 2.44. The molecule has 2 aliphatic heterocycles. The molecule has 14 heavy (non-hydrogen) atoms. The zero-order valence-electron chi connectivity index (χ0n) is 8.52. The van der Waals surface area contributed by atoms with Crippen LogP contribution in [0.25, 0.3) is 0 Å². The van der Waals surface area contributed by atoms with Gasteiger partial charge in [0.25, 0.3) is 0 Å². The van der Waals surface area contributed by atoms with E-state index in [-0.39, 0.29) is 18.2 Å². The van der Waals surface area contributed by atoms with E-state index in [0.717, 1.165) is 25.8 Å². The molecule has 2 rings (SSSR count). The molecule has 3 N–H and O–H groups in total. The summed E-state index contributed by atoms with van der Waals surface area (Å²) in [5.41, 5.74) is 0. The number of hydrogen-bond acceptors (Lipinski definition) is 4. The molecule has 0 aromatic carbocycles. The second-order valence-corrected chi connectivity index (χ2v) is 4.22. The highest BCUT2D eigenvalue weighted by atomic mass is 16.5. The van der Waals surface area contributed by atoms with E-state index in [9.17, 15) is 10.2 Å². The van der Waals surface area contributed by atoms with Crippen molar-refractivity contribution in [2.45, 2.75) is 56.6 Å². The van der Waals surface area contributed by atoms with Crippen LogP contribution in [0.2, 0.25) is 0 Å². The zero-order chi connectivity index (χ0) is 10.1. The predicted octanol–water partition coefficient (Wildman–Crippen LogP) is -0.362. The van der Waals surface area contributed by atoms with Crippen molar-refractivity contribution in [3.05, 3.63) is 0 Å². The molecule has 0 aliphatic carbocycles. The summed E-state index contributed by atoms with van der Waals surface area (Å²) < 4.78 is 5.75. The van der Waals surface area contributed by atoms with Gasteiger partial charge in [-0.25, -0.2) is 0 Å². The molecule has 82 valence electrons. The van der Waals surface area contributed by atoms with Gasteiger partial charge in [0.2, 0.25) is 0 Å². The van der Waals surface area contributed by atoms with Crippen molar-refractivity contribution >= 4 is 0 Å². The third-order valence-electron chi connectivity index (χ3n) is 3.30. The Morgan fingerprint density at radius 1 is 1.36 bits per heavy atom. The Balaban J connectivity index is 2.07. The van der Waals surface area contributed by atoms with Gasteiger partial charge >= 0.3 is 0 Å². The Morgan fingerprint density at radius 3 is 2.86 bits per heavy atom. The van der Waals surface area contributed by atoms with Crippen molar-refractivity contribution in [1.82, 2.24) is 5.32 Å². The Morgan fingerprint density at radius 2 is 2.14 bits per heavy atom. The lowest BCUT2D eigenvalue weighted by Gasteiger charge is -2.45. The number of nitrogens with one attached hydrogen (secondary N) is 1. The van der Waals surface area contributed by atoms with Gasteiger partial charge in [0, 0.05) is 0 Å². The lowest BCUT2D eigenvalue weighted by molar-refractivity contribution is -0.191. The molecule has 2 aliphatic rings. The lowest BCUT2D eigenvalue weighted by Crippen LogP contribution is -2.64. The largest absolute Gasteiger partial charge is 0.389 e. The molecular weight excluding hydrogens is 182 g/mol. The van der Waals surface area contributed by atoms with Crippen LogP contribution in [-0.2, 0) is 4.74 Å². The van der Waals surface area contributed by atoms with E-state index in [0.29, 0.717) is 0 Å². The summed E-state index contributed by atoms with van der Waals surface area (Å²) in [6, 6.07) is -0.0819. The van der Waals surface area contributed by atoms with Crippen LogP contribution in [0.15, 0.2) is 0 Å². The molecule has 0 amide bonds. The van der Waals surface area contributed by atoms with Gasteiger partial charge in [0.1, 0.15) is 12.2 Å². The van der Waals surface area contributed by atoms with E-state index < -0.39 is 12.2 Å². The molecule has 4 heteroatoms. The maximum absolute atomic E-state index is 9.88. The topological polar surface area (TPSA) is 61.7 Å². The SMILES string of the molecule is CC[C@H]1O[C@@H]2CCCN[C@@H]2[C@@H](O)[C@H]1O. The first-order valence-corrected chi connectivity index (χ1v) is 5.49. The molecule has 5 atom stereocenters. The Kier molecular flexibility index (Phi) is 3.07. The summed E-state index contributed by atoms with van der Waals surface area (Å²) in [5.74, 6) is 0. The van der Waals surface area contributed by atoms with Crippen LogP contribution in [0.1, 0.15) is 26.2 Å². The molecule has 0 bridgehead atoms. The summed E-state index contributed by atoms with van der Waals surface area (Å²) >= 11 is 0. The van der Waals surface area contributed by atoms with Gasteiger partial charge in [-0.3, -0.25) is 0 Å². The molecular formula is C10H19NO3. The van der Waals surface area contributed by atoms with Crippen LogP contribution >= 0.6 is 0 Å². The highest BCUT2D eigenvalue weighted by Crippen LogP contribution is 2.27. The summed E-state index contributed by atoms with van der Waals surface area (Å²) in [4.78, 5) is 0. The number of hydrogen-bond donors (Lipinski definition) is 3. The van der Waals surface area contributed by atoms with Gasteiger partial charge in [-0.15, -0.1) is 0 Å². The standard InChI is InChI=1S/C10H19NO3/c1-2-6-9(12)10(13)8-7(14-6)4-3-5-11-8/h6-13H,2-5H2,1H3/t6-,7-,8+,9+,10-/m1/s1. The van der Waals surface area contributed by atoms with Crippen LogP contribution in [0, 0.1) is 0 Å². The number of ether oxygens (including phenoxy) is 1. The fourth-order valence-corrected chi connectivity index (χ4v) is 2.45. The quantitative estimate of drug-likeness (QED) is 0.542. The maximum Gasteiger partial charge on any atom is 0.108 e. The number of fused-ring (bicyclic) bond motifs is 1. The van der Waals surface area contributed by atoms with Crippen molar-refractivity contribution in [2.24, 2.45) is 0 Å². The summed E-state index contributed by atoms with van der Waals surface area (Å²) in [6.45, 7) is 2.88. The summed E-state index contributed by atoms with van der Waals surface area (Å²) in [6.07, 6.45) is 1.27. The minimum absolute atomic E-state index is 0.0760. The predicted molar refractivity (Wildman–Crippen MR) is 52.0 cm³/mol. The van der Waals surface area contributed by atoms with Gasteiger partial charge in [0.15, 0.2) is 0 Å². The highest BCUT2D eigenvalue weighted by molar-refractivity contribution is 4.97. The van der Waals surface area contributed by atoms with Crippen LogP contribution in [0.3, 0.4) is 0 Å². The van der Waals surface area contributed by atoms with Crippen LogP contribution < -0.4 is 5.32 Å². The summed E-state index contributed by atoms with van der Waals surface area (Å²) in [5, 5.41) is 22.9. The molecule has 2 heterocycles. The van der Waals surface area contributed by atoms with Crippen LogP contribution in [0.5, 0.6) is 0 Å². The van der Waals surface area contributed by atoms with E-state index in [1.165, 1.54) is 0 Å². The zero-order valence-corrected chi connectivity index (χ0v) is 8.52. The average molecular weight is 201 g/mol. The minimum atomic E-state index is -0.744. The van der Waals surface area contributed by atoms with Gasteiger partial charge in [-0.05, 0) is 25.8 Å². The fraction of sp³-hybridized carbons (Fsp3) is 1.00. The van der Waals surface area contributed by atoms with Crippen molar-refractivity contribution in [3.8, 4) is 0 Å². The van der Waals surface area contributed by atoms with Crippen molar-refractivity contribution in [2.75, 3.05) is 6.54 Å². The summed E-state index contributed by atoms with van der Waals surface area (Å²) in [7, 11) is 0. The Hall–Kier alpha value is -0.160. The Labute approximate surface area is 84.3 Å². The first-order chi connectivity index (χ1) is 6.74. The van der Waals surface area contributed by atoms with E-state index in [4.69, 9.17) is 4.74 Å². The number of piperidine rings is 1. The maximum atomic E-state index is 9.88. The van der Waals surface area contributed by atoms with Gasteiger partial charge in [-0.2, -0.15) is 0 Å². The normalized spacial score (nSPS) is 48.6. The fourth-order valence-electron chi connectivity index (χ4n) is 2.45. The van der Waals surface area contributed by atoms with Gasteiger partial charge < -0.3 is 20.3 Å². The molecule has 0 unspecified atom stereocenters. The van der Waals surface area contributed by atoms with E-state index >= 15 is 0 Å². The monoisotopic (exact) mass is 201 g/mol. The molecule has 0 radical (unpaired) electrons. The van der Waals surface area contributed by atoms with Crippen LogP contribution in [0.4, 0.5) is 0 Å². The number of aliphatic hydroxyl groups is 2. The van der Waals surface area contributed by atoms with Gasteiger partial charge in [-0.1, -0.05) is 6.92 Å². The molecule has 0 aromatic rings. The molecule has 0 spiro atoms.